The molecule has 4 heteroatoms. The maximum Gasteiger partial charge on any atom is 0.337 e. The molecule has 3 atom stereocenters. The van der Waals surface area contributed by atoms with Crippen LogP contribution in [0.3, 0.4) is 0 Å². The topological polar surface area (TPSA) is 47.6 Å². The molecular weight excluding hydrogens is 278 g/mol. The minimum atomic E-state index is -0.339. The Morgan fingerprint density at radius 3 is 2.91 bits per heavy atom. The molecule has 1 aliphatic heterocycles. The van der Waals surface area contributed by atoms with Gasteiger partial charge >= 0.3 is 5.97 Å². The predicted octanol–water partition coefficient (Wildman–Crippen LogP) is 2.70. The van der Waals surface area contributed by atoms with Gasteiger partial charge in [0.1, 0.15) is 12.4 Å². The number of hydrogen-bond acceptors (Lipinski definition) is 4. The SMILES string of the molecule is COC(=O)c1ccc2c(c1)OC[C@H](C1C=CC=CC1C)NC2. The number of carbonyl (C=O) groups excluding carboxylic acids is 1. The molecule has 0 radical (unpaired) electrons. The summed E-state index contributed by atoms with van der Waals surface area (Å²) in [5, 5.41) is 3.57. The maximum absolute atomic E-state index is 11.6. The Hall–Kier alpha value is -2.07. The summed E-state index contributed by atoms with van der Waals surface area (Å²) in [4.78, 5) is 11.6. The molecule has 0 saturated carbocycles. The van der Waals surface area contributed by atoms with Crippen molar-refractivity contribution in [3.05, 3.63) is 53.6 Å². The van der Waals surface area contributed by atoms with E-state index >= 15 is 0 Å². The van der Waals surface area contributed by atoms with E-state index in [-0.39, 0.29) is 12.0 Å². The fourth-order valence-corrected chi connectivity index (χ4v) is 3.04. The van der Waals surface area contributed by atoms with Crippen LogP contribution in [-0.2, 0) is 11.3 Å². The lowest BCUT2D eigenvalue weighted by Crippen LogP contribution is -2.41. The van der Waals surface area contributed by atoms with Crippen molar-refractivity contribution in [3.63, 3.8) is 0 Å². The number of hydrogen-bond donors (Lipinski definition) is 1. The van der Waals surface area contributed by atoms with E-state index in [1.807, 2.05) is 6.07 Å². The number of ether oxygens (including phenoxy) is 2. The van der Waals surface area contributed by atoms with Crippen molar-refractivity contribution < 1.29 is 14.3 Å². The van der Waals surface area contributed by atoms with E-state index in [2.05, 4.69) is 36.5 Å². The molecule has 1 N–H and O–H groups in total. The van der Waals surface area contributed by atoms with Crippen LogP contribution in [0.25, 0.3) is 0 Å². The van der Waals surface area contributed by atoms with Gasteiger partial charge in [0.2, 0.25) is 0 Å². The van der Waals surface area contributed by atoms with Gasteiger partial charge in [-0.05, 0) is 18.1 Å². The first-order valence-electron chi connectivity index (χ1n) is 7.61. The van der Waals surface area contributed by atoms with Crippen LogP contribution in [0.1, 0.15) is 22.8 Å². The molecule has 1 aromatic rings. The van der Waals surface area contributed by atoms with Gasteiger partial charge in [-0.3, -0.25) is 0 Å². The Bertz CT molecular complexity index is 621. The minimum absolute atomic E-state index is 0.255. The van der Waals surface area contributed by atoms with Gasteiger partial charge in [0.15, 0.2) is 0 Å². The number of esters is 1. The summed E-state index contributed by atoms with van der Waals surface area (Å²) in [6, 6.07) is 5.73. The van der Waals surface area contributed by atoms with Crippen molar-refractivity contribution in [3.8, 4) is 5.75 Å². The van der Waals surface area contributed by atoms with Crippen LogP contribution in [0.4, 0.5) is 0 Å². The van der Waals surface area contributed by atoms with Crippen molar-refractivity contribution in [2.24, 2.45) is 11.8 Å². The third-order valence-corrected chi connectivity index (χ3v) is 4.39. The normalized spacial score (nSPS) is 26.7. The standard InChI is InChI=1S/C18H21NO3/c1-12-5-3-4-6-15(12)16-11-22-17-9-13(18(20)21-2)7-8-14(17)10-19-16/h3-9,12,15-16,19H,10-11H2,1-2H3/t12?,15?,16-/m1/s1. The van der Waals surface area contributed by atoms with E-state index in [0.29, 0.717) is 24.0 Å². The number of fused-ring (bicyclic) bond motifs is 1. The van der Waals surface area contributed by atoms with Crippen LogP contribution in [0, 0.1) is 11.8 Å². The quantitative estimate of drug-likeness (QED) is 0.853. The number of allylic oxidation sites excluding steroid dienone is 3. The van der Waals surface area contributed by atoms with E-state index in [0.717, 1.165) is 17.9 Å². The van der Waals surface area contributed by atoms with Crippen LogP contribution < -0.4 is 10.1 Å². The molecule has 0 amide bonds. The minimum Gasteiger partial charge on any atom is -0.492 e. The molecule has 1 aliphatic carbocycles. The van der Waals surface area contributed by atoms with Crippen molar-refractivity contribution in [2.45, 2.75) is 19.5 Å². The highest BCUT2D eigenvalue weighted by atomic mass is 16.5. The van der Waals surface area contributed by atoms with Gasteiger partial charge in [-0.2, -0.15) is 0 Å². The molecule has 1 aromatic carbocycles. The molecular formula is C18H21NO3. The second-order valence-corrected chi connectivity index (χ2v) is 5.82. The van der Waals surface area contributed by atoms with Gasteiger partial charge in [0.25, 0.3) is 0 Å². The van der Waals surface area contributed by atoms with Gasteiger partial charge in [-0.25, -0.2) is 4.79 Å². The second kappa shape index (κ2) is 6.36. The highest BCUT2D eigenvalue weighted by Gasteiger charge is 2.27. The van der Waals surface area contributed by atoms with Crippen LogP contribution in [0.2, 0.25) is 0 Å². The van der Waals surface area contributed by atoms with E-state index in [9.17, 15) is 4.79 Å². The second-order valence-electron chi connectivity index (χ2n) is 5.82. The lowest BCUT2D eigenvalue weighted by molar-refractivity contribution is 0.0600. The average molecular weight is 299 g/mol. The summed E-state index contributed by atoms with van der Waals surface area (Å²) in [6.45, 7) is 3.55. The highest BCUT2D eigenvalue weighted by molar-refractivity contribution is 5.89. The van der Waals surface area contributed by atoms with Gasteiger partial charge in [0.05, 0.1) is 12.7 Å². The molecule has 1 heterocycles. The monoisotopic (exact) mass is 299 g/mol. The highest BCUT2D eigenvalue weighted by Crippen LogP contribution is 2.28. The number of carbonyl (C=O) groups is 1. The van der Waals surface area contributed by atoms with Crippen molar-refractivity contribution in [2.75, 3.05) is 13.7 Å². The lowest BCUT2D eigenvalue weighted by atomic mass is 9.84. The van der Waals surface area contributed by atoms with E-state index in [4.69, 9.17) is 9.47 Å². The summed E-state index contributed by atoms with van der Waals surface area (Å²) >= 11 is 0. The third-order valence-electron chi connectivity index (χ3n) is 4.39. The van der Waals surface area contributed by atoms with E-state index < -0.39 is 0 Å². The molecule has 0 spiro atoms. The van der Waals surface area contributed by atoms with Crippen LogP contribution in [0.5, 0.6) is 5.75 Å². The molecule has 2 aliphatic rings. The number of rotatable bonds is 2. The zero-order valence-electron chi connectivity index (χ0n) is 12.9. The molecule has 3 rings (SSSR count). The van der Waals surface area contributed by atoms with Gasteiger partial charge < -0.3 is 14.8 Å². The average Bonchev–Trinajstić information content (AvgIpc) is 2.76. The predicted molar refractivity (Wildman–Crippen MR) is 84.8 cm³/mol. The first-order chi connectivity index (χ1) is 10.7. The molecule has 4 nitrogen and oxygen atoms in total. The largest absolute Gasteiger partial charge is 0.492 e. The summed E-state index contributed by atoms with van der Waals surface area (Å²) in [7, 11) is 1.39. The third kappa shape index (κ3) is 2.92. The van der Waals surface area contributed by atoms with Gasteiger partial charge in [0, 0.05) is 24.1 Å². The first kappa shape index (κ1) is 14.9. The summed E-state index contributed by atoms with van der Waals surface area (Å²) in [5.41, 5.74) is 1.59. The number of nitrogens with one attached hydrogen (secondary N) is 1. The van der Waals surface area contributed by atoms with Crippen LogP contribution >= 0.6 is 0 Å². The molecule has 0 saturated heterocycles. The van der Waals surface area contributed by atoms with E-state index in [1.165, 1.54) is 7.11 Å². The zero-order valence-corrected chi connectivity index (χ0v) is 12.9. The van der Waals surface area contributed by atoms with Crippen molar-refractivity contribution in [1.82, 2.24) is 5.32 Å². The Kier molecular flexibility index (Phi) is 4.29. The van der Waals surface area contributed by atoms with E-state index in [1.54, 1.807) is 12.1 Å². The Morgan fingerprint density at radius 2 is 2.14 bits per heavy atom. The molecule has 22 heavy (non-hydrogen) atoms. The molecule has 0 fully saturated rings. The zero-order chi connectivity index (χ0) is 15.5. The summed E-state index contributed by atoms with van der Waals surface area (Å²) < 4.78 is 10.7. The van der Waals surface area contributed by atoms with Crippen molar-refractivity contribution >= 4 is 5.97 Å². The number of methoxy groups -OCH3 is 1. The number of benzene rings is 1. The summed E-state index contributed by atoms with van der Waals surface area (Å²) in [6.07, 6.45) is 8.65. The molecule has 2 unspecified atom stereocenters. The van der Waals surface area contributed by atoms with Crippen LogP contribution in [0.15, 0.2) is 42.5 Å². The molecule has 0 aromatic heterocycles. The smallest absolute Gasteiger partial charge is 0.337 e. The Morgan fingerprint density at radius 1 is 1.32 bits per heavy atom. The maximum atomic E-state index is 11.6. The fraction of sp³-hybridized carbons (Fsp3) is 0.389. The Balaban J connectivity index is 1.76. The molecule has 0 bridgehead atoms. The van der Waals surface area contributed by atoms with Gasteiger partial charge in [-0.1, -0.05) is 37.3 Å². The Labute approximate surface area is 130 Å². The van der Waals surface area contributed by atoms with Crippen molar-refractivity contribution in [1.29, 1.82) is 0 Å². The summed E-state index contributed by atoms with van der Waals surface area (Å²) in [5.74, 6) is 1.33. The lowest BCUT2D eigenvalue weighted by Gasteiger charge is -2.28. The first-order valence-corrected chi connectivity index (χ1v) is 7.61. The van der Waals surface area contributed by atoms with Crippen LogP contribution in [-0.4, -0.2) is 25.7 Å². The molecule has 116 valence electrons. The fourth-order valence-electron chi connectivity index (χ4n) is 3.04. The van der Waals surface area contributed by atoms with Gasteiger partial charge in [-0.15, -0.1) is 0 Å².